The van der Waals surface area contributed by atoms with Crippen LogP contribution in [0.3, 0.4) is 0 Å². The molecular formula is C87H132Br4N14O15S6. The predicted octanol–water partition coefficient (Wildman–Crippen LogP) is 21.3. The number of anilines is 2. The minimum Gasteiger partial charge on any atom is -0.444 e. The SMILES string of the molecule is C.C.C.C.CC(C)(C)NS(=O)(=O)c1cc(NC(=O)NCc2ccccc2)ccc1-c1cnc(C2CCC(NC(=O)OC3COC3)CC2)s1.CC(C)(C)OC(=O)NC1CCC(c2ncc(Br)s2)CC1.Cc1ccc(NC(=O)NBr)cc1S(=O)(=O)NC(C)(C)C.NC1CCC(c2ncc(Br)s2)CC1.O=C(NC1CCC(c2ncc(Br)s2)CC1)OC1COC1.OC1CCC1. The molecule has 0 radical (unpaired) electrons. The number of nitrogens with zero attached hydrogens (tertiary/aromatic N) is 4. The third-order valence-corrected chi connectivity index (χ3v) is 30.5. The Bertz CT molecular complexity index is 4730. The van der Waals surface area contributed by atoms with Gasteiger partial charge in [-0.3, -0.25) is 4.34 Å². The first-order valence-corrected chi connectivity index (χ1v) is 50.5. The van der Waals surface area contributed by atoms with E-state index in [1.165, 1.54) is 57.8 Å². The van der Waals surface area contributed by atoms with E-state index in [-0.39, 0.29) is 94.0 Å². The highest BCUT2D eigenvalue weighted by molar-refractivity contribution is 9.11. The number of carbonyl (C=O) groups is 5. The van der Waals surface area contributed by atoms with Crippen molar-refractivity contribution in [2.75, 3.05) is 37.1 Å². The predicted molar refractivity (Wildman–Crippen MR) is 520 cm³/mol. The zero-order valence-corrected chi connectivity index (χ0v) is 81.7. The zero-order chi connectivity index (χ0) is 88.5. The van der Waals surface area contributed by atoms with Gasteiger partial charge < -0.3 is 66.4 Å². The number of alkyl carbamates (subject to hydrolysis) is 3. The molecule has 0 spiro atoms. The van der Waals surface area contributed by atoms with Gasteiger partial charge in [0.15, 0.2) is 12.2 Å². The summed E-state index contributed by atoms with van der Waals surface area (Å²) >= 11 is 19.8. The molecule has 0 bridgehead atoms. The molecule has 29 nitrogen and oxygen atoms in total. The van der Waals surface area contributed by atoms with Crippen molar-refractivity contribution in [1.29, 1.82) is 0 Å². The van der Waals surface area contributed by atoms with Crippen molar-refractivity contribution in [1.82, 2.24) is 55.0 Å². The standard InChI is InChI=1S/C31H39N5O6S2.C14H21BrN2O2S.C13H17BrN2O3S.C12H18BrN3O3S.C9H13BrN2S.C4H8O.4CH4/c1-31(2,3)36-44(39,40)27-15-23(34-29(37)33-16-20-7-5-4-6-8-20)13-14-25(27)26-17-32-28(43-26)21-9-11-22(12-10-21)35-30(38)42-24-18-41-19-24;1-14(2,3)19-13(18)17-10-6-4-9(5-7-10)12-16-8-11(15)20-12;14-11-5-15-12(20-11)8-1-3-9(4-2-8)16-13(17)19-10-6-18-7-10;1-8-5-6-9(14-11(17)15-13)7-10(8)20(18,19)16-12(2,3)4;10-8-5-12-9(13-8)6-1-3-7(11)4-2-6;5-4-2-1-3-4;;;;/h4-8,13-15,17,21-22,24,36H,9-12,16,18-19H2,1-3H3,(H,35,38)(H2,33,34,37);8-10H,4-7H2,1-3H3,(H,17,18);5,8-10H,1-4,6-7H2,(H,16,17);5-7,16H,1-4H3,(H2,14,15,17);5-7H,1-4,11H2;4-5H,1-3H2;4*1H4. The Morgan fingerprint density at radius 2 is 0.873 bits per heavy atom. The summed E-state index contributed by atoms with van der Waals surface area (Å²) in [6, 6.07) is 19.1. The van der Waals surface area contributed by atoms with Gasteiger partial charge >= 0.3 is 30.3 Å². The molecule has 5 saturated carbocycles. The van der Waals surface area contributed by atoms with Crippen LogP contribution < -0.4 is 51.4 Å². The summed E-state index contributed by atoms with van der Waals surface area (Å²) in [5.41, 5.74) is 6.93. The number of nitrogens with one attached hydrogen (secondary N) is 9. The first kappa shape index (κ1) is 111. The fourth-order valence-corrected chi connectivity index (χ4v) is 22.8. The van der Waals surface area contributed by atoms with Crippen molar-refractivity contribution in [2.24, 2.45) is 5.73 Å². The van der Waals surface area contributed by atoms with Gasteiger partial charge in [-0.1, -0.05) is 72.2 Å². The molecule has 2 saturated heterocycles. The number of halogens is 4. The quantitative estimate of drug-likeness (QED) is 0.0281. The summed E-state index contributed by atoms with van der Waals surface area (Å²) in [6.07, 6.45) is 25.7. The lowest BCUT2D eigenvalue weighted by Crippen LogP contribution is -2.44. The van der Waals surface area contributed by atoms with Crippen LogP contribution >= 0.6 is 109 Å². The van der Waals surface area contributed by atoms with Crippen molar-refractivity contribution >= 4 is 171 Å². The van der Waals surface area contributed by atoms with E-state index < -0.39 is 54.9 Å². The number of aryl methyl sites for hydroxylation is 1. The minimum absolute atomic E-state index is 0. The number of hydrogen-bond donors (Lipinski definition) is 11. The van der Waals surface area contributed by atoms with Gasteiger partial charge in [0.1, 0.15) is 5.60 Å². The minimum atomic E-state index is -3.95. The van der Waals surface area contributed by atoms with E-state index in [1.54, 1.807) is 113 Å². The Morgan fingerprint density at radius 3 is 1.24 bits per heavy atom. The number of aliphatic hydroxyl groups excluding tert-OH is 1. The first-order chi connectivity index (χ1) is 57.7. The van der Waals surface area contributed by atoms with E-state index in [4.69, 9.17) is 34.5 Å². The zero-order valence-electron chi connectivity index (χ0n) is 70.5. The average molecular weight is 2130 g/mol. The van der Waals surface area contributed by atoms with Gasteiger partial charge in [0, 0.05) is 88.6 Å². The fraction of sp³-hybridized carbons (Fsp3) is 0.598. The molecule has 39 heteroatoms. The smallest absolute Gasteiger partial charge is 0.407 e. The summed E-state index contributed by atoms with van der Waals surface area (Å²) in [5, 5.41) is 30.0. The Kier molecular flexibility index (Phi) is 46.0. The Hall–Kier alpha value is -5.89. The summed E-state index contributed by atoms with van der Waals surface area (Å²) in [6.45, 7) is 20.3. The number of amides is 7. The first-order valence-electron chi connectivity index (χ1n) is 41.1. The molecule has 126 heavy (non-hydrogen) atoms. The summed E-state index contributed by atoms with van der Waals surface area (Å²) in [7, 11) is -7.60. The summed E-state index contributed by atoms with van der Waals surface area (Å²) in [4.78, 5) is 78.2. The number of urea groups is 2. The Balaban J connectivity index is 0.000000291. The van der Waals surface area contributed by atoms with Crippen LogP contribution in [0.5, 0.6) is 0 Å². The summed E-state index contributed by atoms with van der Waals surface area (Å²) < 4.78 is 88.5. The van der Waals surface area contributed by atoms with E-state index >= 15 is 0 Å². The van der Waals surface area contributed by atoms with Crippen LogP contribution in [0.1, 0.15) is 269 Å². The molecule has 7 aromatic rings. The fourth-order valence-electron chi connectivity index (χ4n) is 13.9. The van der Waals surface area contributed by atoms with E-state index in [0.717, 1.165) is 130 Å². The van der Waals surface area contributed by atoms with Crippen LogP contribution in [-0.4, -0.2) is 158 Å². The molecule has 704 valence electrons. The van der Waals surface area contributed by atoms with Crippen molar-refractivity contribution in [3.63, 3.8) is 0 Å². The topological polar surface area (TPSA) is 406 Å². The van der Waals surface area contributed by atoms with E-state index in [9.17, 15) is 40.8 Å². The van der Waals surface area contributed by atoms with Crippen LogP contribution in [0, 0.1) is 6.92 Å². The lowest BCUT2D eigenvalue weighted by molar-refractivity contribution is -0.0985. The van der Waals surface area contributed by atoms with E-state index in [1.807, 2.05) is 69.7 Å². The lowest BCUT2D eigenvalue weighted by atomic mass is 9.86. The number of aromatic nitrogens is 4. The molecule has 14 rings (SSSR count). The second kappa shape index (κ2) is 52.4. The molecule has 12 N–H and O–H groups in total. The maximum Gasteiger partial charge on any atom is 0.407 e. The van der Waals surface area contributed by atoms with Crippen LogP contribution in [0.2, 0.25) is 0 Å². The number of hydrogen-bond acceptors (Lipinski definition) is 24. The number of thiazole rings is 4. The van der Waals surface area contributed by atoms with Crippen LogP contribution in [-0.2, 0) is 50.3 Å². The molecule has 6 heterocycles. The summed E-state index contributed by atoms with van der Waals surface area (Å²) in [5.74, 6) is 1.93. The second-order valence-electron chi connectivity index (χ2n) is 34.2. The highest BCUT2D eigenvalue weighted by Gasteiger charge is 2.34. The maximum absolute atomic E-state index is 13.6. The average Bonchev–Trinajstić information content (AvgIpc) is 1.40. The molecule has 5 aliphatic carbocycles. The molecule has 7 amide bonds. The van der Waals surface area contributed by atoms with E-state index in [2.05, 4.69) is 130 Å². The van der Waals surface area contributed by atoms with Gasteiger partial charge in [0.2, 0.25) is 20.0 Å². The number of sulfonamides is 2. The van der Waals surface area contributed by atoms with Gasteiger partial charge in [-0.2, -0.15) is 0 Å². The van der Waals surface area contributed by atoms with Crippen molar-refractivity contribution in [3.8, 4) is 10.4 Å². The number of aliphatic hydroxyl groups is 1. The molecule has 7 aliphatic rings. The largest absolute Gasteiger partial charge is 0.444 e. The molecule has 2 aliphatic heterocycles. The Morgan fingerprint density at radius 1 is 0.500 bits per heavy atom. The molecule has 0 unspecified atom stereocenters. The molecule has 3 aromatic carbocycles. The second-order valence-corrected chi connectivity index (χ2v) is 46.3. The number of rotatable bonds is 18. The van der Waals surface area contributed by atoms with E-state index in [0.29, 0.717) is 79.3 Å². The van der Waals surface area contributed by atoms with Crippen LogP contribution in [0.25, 0.3) is 10.4 Å². The molecule has 0 atom stereocenters. The van der Waals surface area contributed by atoms with Crippen molar-refractivity contribution < 1.29 is 69.6 Å². The molecular weight excluding hydrogens is 1990 g/mol. The lowest BCUT2D eigenvalue weighted by Gasteiger charge is -2.30. The highest BCUT2D eigenvalue weighted by Crippen LogP contribution is 2.43. The van der Waals surface area contributed by atoms with Gasteiger partial charge in [-0.25, -0.2) is 70.2 Å². The number of nitrogens with two attached hydrogens (primary N) is 1. The van der Waals surface area contributed by atoms with Gasteiger partial charge in [-0.05, 0) is 274 Å². The van der Waals surface area contributed by atoms with Gasteiger partial charge in [0.25, 0.3) is 0 Å². The van der Waals surface area contributed by atoms with Crippen LogP contribution in [0.4, 0.5) is 35.3 Å². The van der Waals surface area contributed by atoms with Gasteiger partial charge in [-0.15, -0.1) is 45.3 Å². The molecule has 7 fully saturated rings. The van der Waals surface area contributed by atoms with Gasteiger partial charge in [0.05, 0.1) is 113 Å². The number of carbonyl (C=O) groups excluding carboxylic acids is 5. The van der Waals surface area contributed by atoms with Crippen molar-refractivity contribution in [3.05, 3.63) is 134 Å². The third kappa shape index (κ3) is 38.1. The third-order valence-electron chi connectivity index (χ3n) is 20.4. The Labute approximate surface area is 796 Å². The number of benzene rings is 3. The highest BCUT2D eigenvalue weighted by atomic mass is 79.9. The normalized spacial score (nSPS) is 20.6. The molecule has 4 aromatic heterocycles. The number of ether oxygens (including phenoxy) is 5. The maximum atomic E-state index is 13.6. The van der Waals surface area contributed by atoms with Crippen LogP contribution in [0.15, 0.2) is 113 Å². The van der Waals surface area contributed by atoms with Crippen molar-refractivity contribution in [2.45, 2.75) is 320 Å². The monoisotopic (exact) mass is 2120 g/mol.